The maximum absolute atomic E-state index is 5.32. The van der Waals surface area contributed by atoms with E-state index in [1.807, 2.05) is 0 Å². The average Bonchev–Trinajstić information content (AvgIpc) is 1.77. The van der Waals surface area contributed by atoms with Gasteiger partial charge < -0.3 is 0 Å². The molecule has 0 unspecified atom stereocenters. The second-order valence-corrected chi connectivity index (χ2v) is 1.78. The standard InChI is InChI=1S/C3HCl2N3/c4-2-1-6-3(5)8-7-2/h1H. The molecule has 42 valence electrons. The fourth-order valence-corrected chi connectivity index (χ4v) is 0.420. The smallest absolute Gasteiger partial charge is 0.222 e. The fourth-order valence-electron chi connectivity index (χ4n) is 0.247. The first-order valence-corrected chi connectivity index (χ1v) is 2.55. The van der Waals surface area contributed by atoms with Crippen molar-refractivity contribution in [3.63, 3.8) is 0 Å². The van der Waals surface area contributed by atoms with E-state index in [1.165, 1.54) is 6.20 Å². The molecule has 3 nitrogen and oxygen atoms in total. The summed E-state index contributed by atoms with van der Waals surface area (Å²) in [5.74, 6) is 0. The Kier molecular flexibility index (Phi) is 1.60. The Bertz CT molecular complexity index is 151. The lowest BCUT2D eigenvalue weighted by Crippen LogP contribution is -1.84. The number of rotatable bonds is 0. The minimum Gasteiger partial charge on any atom is -0.222 e. The lowest BCUT2D eigenvalue weighted by molar-refractivity contribution is 0.970. The molecule has 0 spiro atoms. The van der Waals surface area contributed by atoms with Gasteiger partial charge in [0.1, 0.15) is 0 Å². The molecule has 0 saturated carbocycles. The molecule has 0 saturated heterocycles. The SMILES string of the molecule is Clc1cnc(Cl)nn1. The van der Waals surface area contributed by atoms with Gasteiger partial charge in [0.2, 0.25) is 5.28 Å². The first-order chi connectivity index (χ1) is 3.79. The van der Waals surface area contributed by atoms with Gasteiger partial charge in [0.15, 0.2) is 5.15 Å². The second kappa shape index (κ2) is 2.24. The van der Waals surface area contributed by atoms with Gasteiger partial charge in [-0.3, -0.25) is 0 Å². The number of halogens is 2. The van der Waals surface area contributed by atoms with E-state index in [-0.39, 0.29) is 10.4 Å². The normalized spacial score (nSPS) is 9.25. The van der Waals surface area contributed by atoms with Crippen LogP contribution in [-0.4, -0.2) is 15.2 Å². The molecule has 1 heterocycles. The number of hydrogen-bond donors (Lipinski definition) is 0. The highest BCUT2D eigenvalue weighted by Gasteiger charge is 1.88. The maximum atomic E-state index is 5.32. The fraction of sp³-hybridized carbons (Fsp3) is 0. The summed E-state index contributed by atoms with van der Waals surface area (Å²) >= 11 is 10.6. The van der Waals surface area contributed by atoms with Crippen molar-refractivity contribution in [1.82, 2.24) is 15.2 Å². The van der Waals surface area contributed by atoms with Crippen LogP contribution in [0.1, 0.15) is 0 Å². The van der Waals surface area contributed by atoms with Gasteiger partial charge in [0.25, 0.3) is 0 Å². The van der Waals surface area contributed by atoms with Crippen LogP contribution in [-0.2, 0) is 0 Å². The first-order valence-electron chi connectivity index (χ1n) is 1.80. The molecule has 8 heavy (non-hydrogen) atoms. The van der Waals surface area contributed by atoms with E-state index in [1.54, 1.807) is 0 Å². The number of aromatic nitrogens is 3. The van der Waals surface area contributed by atoms with Crippen LogP contribution >= 0.6 is 23.2 Å². The summed E-state index contributed by atoms with van der Waals surface area (Å²) < 4.78 is 0. The summed E-state index contributed by atoms with van der Waals surface area (Å²) in [5.41, 5.74) is 0. The molecule has 0 aliphatic carbocycles. The maximum Gasteiger partial charge on any atom is 0.243 e. The van der Waals surface area contributed by atoms with Crippen LogP contribution in [0.3, 0.4) is 0 Å². The van der Waals surface area contributed by atoms with Gasteiger partial charge in [-0.05, 0) is 11.6 Å². The predicted molar refractivity (Wildman–Crippen MR) is 29.8 cm³/mol. The van der Waals surface area contributed by atoms with E-state index < -0.39 is 0 Å². The Morgan fingerprint density at radius 1 is 1.25 bits per heavy atom. The quantitative estimate of drug-likeness (QED) is 0.557. The third-order valence-corrected chi connectivity index (χ3v) is 0.852. The molecule has 1 rings (SSSR count). The molecule has 1 aromatic heterocycles. The van der Waals surface area contributed by atoms with Crippen molar-refractivity contribution in [2.75, 3.05) is 0 Å². The van der Waals surface area contributed by atoms with Crippen molar-refractivity contribution in [1.29, 1.82) is 0 Å². The van der Waals surface area contributed by atoms with Crippen molar-refractivity contribution < 1.29 is 0 Å². The van der Waals surface area contributed by atoms with Crippen LogP contribution < -0.4 is 0 Å². The van der Waals surface area contributed by atoms with Gasteiger partial charge in [-0.25, -0.2) is 4.98 Å². The minimum absolute atomic E-state index is 0.106. The van der Waals surface area contributed by atoms with E-state index in [9.17, 15) is 0 Å². The van der Waals surface area contributed by atoms with Crippen molar-refractivity contribution in [3.05, 3.63) is 16.6 Å². The molecule has 0 aromatic carbocycles. The average molecular weight is 150 g/mol. The van der Waals surface area contributed by atoms with Crippen LogP contribution in [0.5, 0.6) is 0 Å². The molecule has 0 amide bonds. The van der Waals surface area contributed by atoms with Crippen molar-refractivity contribution in [2.45, 2.75) is 0 Å². The lowest BCUT2D eigenvalue weighted by atomic mass is 10.9. The molecule has 0 aliphatic heterocycles. The predicted octanol–water partition coefficient (Wildman–Crippen LogP) is 1.18. The van der Waals surface area contributed by atoms with Gasteiger partial charge >= 0.3 is 0 Å². The molecule has 0 atom stereocenters. The molecular weight excluding hydrogens is 149 g/mol. The zero-order valence-electron chi connectivity index (χ0n) is 3.67. The summed E-state index contributed by atoms with van der Waals surface area (Å²) in [6.45, 7) is 0. The molecule has 0 fully saturated rings. The van der Waals surface area contributed by atoms with Gasteiger partial charge in [-0.15, -0.1) is 10.2 Å². The second-order valence-electron chi connectivity index (χ2n) is 1.05. The molecule has 0 bridgehead atoms. The van der Waals surface area contributed by atoms with Gasteiger partial charge in [0.05, 0.1) is 6.20 Å². The van der Waals surface area contributed by atoms with Crippen LogP contribution in [0.4, 0.5) is 0 Å². The zero-order chi connectivity index (χ0) is 5.98. The van der Waals surface area contributed by atoms with Crippen LogP contribution in [0.2, 0.25) is 10.4 Å². The Hall–Kier alpha value is -0.410. The Morgan fingerprint density at radius 2 is 2.00 bits per heavy atom. The monoisotopic (exact) mass is 149 g/mol. The van der Waals surface area contributed by atoms with Crippen LogP contribution in [0.25, 0.3) is 0 Å². The molecule has 0 aliphatic rings. The molecular formula is C3HCl2N3. The van der Waals surface area contributed by atoms with Crippen molar-refractivity contribution >= 4 is 23.2 Å². The Morgan fingerprint density at radius 3 is 2.38 bits per heavy atom. The summed E-state index contributed by atoms with van der Waals surface area (Å²) in [5, 5.41) is 7.10. The summed E-state index contributed by atoms with van der Waals surface area (Å²) in [6, 6.07) is 0. The topological polar surface area (TPSA) is 38.7 Å². The summed E-state index contributed by atoms with van der Waals surface area (Å²) in [4.78, 5) is 3.54. The van der Waals surface area contributed by atoms with E-state index in [0.29, 0.717) is 0 Å². The van der Waals surface area contributed by atoms with Gasteiger partial charge in [-0.1, -0.05) is 11.6 Å². The summed E-state index contributed by atoms with van der Waals surface area (Å²) in [7, 11) is 0. The summed E-state index contributed by atoms with van der Waals surface area (Å²) in [6.07, 6.45) is 1.33. The first kappa shape index (κ1) is 5.72. The molecule has 1 aromatic rings. The third-order valence-electron chi connectivity index (χ3n) is 0.506. The van der Waals surface area contributed by atoms with Crippen molar-refractivity contribution in [3.8, 4) is 0 Å². The highest BCUT2D eigenvalue weighted by atomic mass is 35.5. The highest BCUT2D eigenvalue weighted by Crippen LogP contribution is 2.00. The van der Waals surface area contributed by atoms with Crippen molar-refractivity contribution in [2.24, 2.45) is 0 Å². The molecule has 0 radical (unpaired) electrons. The molecule has 5 heteroatoms. The van der Waals surface area contributed by atoms with Crippen LogP contribution in [0, 0.1) is 0 Å². The number of nitrogens with zero attached hydrogens (tertiary/aromatic N) is 3. The lowest BCUT2D eigenvalue weighted by Gasteiger charge is -1.83. The minimum atomic E-state index is 0.106. The number of hydrogen-bond acceptors (Lipinski definition) is 3. The van der Waals surface area contributed by atoms with Crippen LogP contribution in [0.15, 0.2) is 6.20 Å². The molecule has 0 N–H and O–H groups in total. The largest absolute Gasteiger partial charge is 0.243 e. The zero-order valence-corrected chi connectivity index (χ0v) is 5.19. The van der Waals surface area contributed by atoms with E-state index >= 15 is 0 Å². The Balaban J connectivity index is 3.03. The van der Waals surface area contributed by atoms with E-state index in [2.05, 4.69) is 15.2 Å². The van der Waals surface area contributed by atoms with Gasteiger partial charge in [0, 0.05) is 0 Å². The third kappa shape index (κ3) is 1.28. The van der Waals surface area contributed by atoms with Gasteiger partial charge in [-0.2, -0.15) is 0 Å². The van der Waals surface area contributed by atoms with E-state index in [0.717, 1.165) is 0 Å². The Labute approximate surface area is 55.7 Å². The highest BCUT2D eigenvalue weighted by molar-refractivity contribution is 6.30. The van der Waals surface area contributed by atoms with E-state index in [4.69, 9.17) is 23.2 Å².